The SMILES string of the molecule is C=C(NC=NC(C)=NCC(N)=O)C(=O)NC(C)C1=NC=C(C(=O)Nc2cc(C(F)(F)F)c(Cl)cn2)C1. The monoisotopic (exact) mass is 526 g/mol. The average Bonchev–Trinajstić information content (AvgIpc) is 3.28. The van der Waals surface area contributed by atoms with Crippen LogP contribution in [0.4, 0.5) is 19.0 Å². The molecule has 2 heterocycles. The van der Waals surface area contributed by atoms with Crippen LogP contribution in [0.5, 0.6) is 0 Å². The van der Waals surface area contributed by atoms with Crippen LogP contribution in [-0.2, 0) is 20.6 Å². The van der Waals surface area contributed by atoms with E-state index >= 15 is 0 Å². The smallest absolute Gasteiger partial charge is 0.368 e. The third-order valence-electron chi connectivity index (χ3n) is 4.53. The molecule has 1 aromatic rings. The molecule has 1 aliphatic rings. The molecule has 1 aliphatic heterocycles. The second kappa shape index (κ2) is 12.1. The summed E-state index contributed by atoms with van der Waals surface area (Å²) in [5, 5.41) is 6.88. The zero-order chi connectivity index (χ0) is 27.0. The number of pyridine rings is 1. The molecule has 3 amide bonds. The molecule has 0 aliphatic carbocycles. The van der Waals surface area contributed by atoms with E-state index in [-0.39, 0.29) is 35.9 Å². The van der Waals surface area contributed by atoms with Gasteiger partial charge in [-0.2, -0.15) is 13.2 Å². The van der Waals surface area contributed by atoms with Gasteiger partial charge in [0.2, 0.25) is 5.91 Å². The Morgan fingerprint density at radius 1 is 1.36 bits per heavy atom. The molecule has 1 aromatic heterocycles. The number of carbonyl (C=O) groups excluding carboxylic acids is 3. The highest BCUT2D eigenvalue weighted by atomic mass is 35.5. The van der Waals surface area contributed by atoms with Crippen molar-refractivity contribution in [1.29, 1.82) is 0 Å². The average molecular weight is 527 g/mol. The van der Waals surface area contributed by atoms with Gasteiger partial charge in [0.05, 0.1) is 28.7 Å². The lowest BCUT2D eigenvalue weighted by atomic mass is 10.1. The van der Waals surface area contributed by atoms with Gasteiger partial charge in [-0.05, 0) is 19.9 Å². The third-order valence-corrected chi connectivity index (χ3v) is 4.83. The Labute approximate surface area is 208 Å². The fourth-order valence-electron chi connectivity index (χ4n) is 2.64. The van der Waals surface area contributed by atoms with Gasteiger partial charge < -0.3 is 21.7 Å². The highest BCUT2D eigenvalue weighted by Gasteiger charge is 2.34. The lowest BCUT2D eigenvalue weighted by molar-refractivity contribution is -0.137. The van der Waals surface area contributed by atoms with E-state index in [4.69, 9.17) is 17.3 Å². The minimum Gasteiger partial charge on any atom is -0.368 e. The van der Waals surface area contributed by atoms with E-state index in [1.807, 2.05) is 0 Å². The molecule has 0 aromatic carbocycles. The van der Waals surface area contributed by atoms with Gasteiger partial charge in [-0.15, -0.1) is 0 Å². The number of hydrogen-bond donors (Lipinski definition) is 4. The maximum atomic E-state index is 13.0. The normalized spacial score (nSPS) is 14.7. The van der Waals surface area contributed by atoms with Crippen molar-refractivity contribution in [3.63, 3.8) is 0 Å². The van der Waals surface area contributed by atoms with Crippen molar-refractivity contribution in [3.05, 3.63) is 46.9 Å². The van der Waals surface area contributed by atoms with Crippen LogP contribution in [0.3, 0.4) is 0 Å². The number of nitrogens with one attached hydrogen (secondary N) is 3. The number of hydrogen-bond acceptors (Lipinski definition) is 6. The summed E-state index contributed by atoms with van der Waals surface area (Å²) in [7, 11) is 0. The highest BCUT2D eigenvalue weighted by Crippen LogP contribution is 2.35. The van der Waals surface area contributed by atoms with Crippen LogP contribution >= 0.6 is 11.6 Å². The number of nitrogens with zero attached hydrogens (tertiary/aromatic N) is 4. The number of primary amides is 1. The molecule has 0 fully saturated rings. The summed E-state index contributed by atoms with van der Waals surface area (Å²) in [6.45, 7) is 6.52. The zero-order valence-corrected chi connectivity index (χ0v) is 19.9. The van der Waals surface area contributed by atoms with Gasteiger partial charge in [-0.3, -0.25) is 24.4 Å². The Morgan fingerprint density at radius 2 is 2.06 bits per heavy atom. The number of aliphatic imine (C=N–C) groups is 3. The Kier molecular flexibility index (Phi) is 9.44. The van der Waals surface area contributed by atoms with Crippen LogP contribution in [0.25, 0.3) is 0 Å². The fourth-order valence-corrected chi connectivity index (χ4v) is 2.85. The number of carbonyl (C=O) groups is 3. The molecular formula is C21H22ClF3N8O3. The Bertz CT molecular complexity index is 1190. The maximum Gasteiger partial charge on any atom is 0.418 e. The predicted molar refractivity (Wildman–Crippen MR) is 129 cm³/mol. The molecule has 2 rings (SSSR count). The van der Waals surface area contributed by atoms with E-state index in [9.17, 15) is 27.6 Å². The molecule has 15 heteroatoms. The van der Waals surface area contributed by atoms with Crippen LogP contribution in [0.1, 0.15) is 25.8 Å². The molecule has 1 atom stereocenters. The van der Waals surface area contributed by atoms with Gasteiger partial charge in [0.15, 0.2) is 0 Å². The second-order valence-electron chi connectivity index (χ2n) is 7.36. The predicted octanol–water partition coefficient (Wildman–Crippen LogP) is 1.96. The number of rotatable bonds is 9. The van der Waals surface area contributed by atoms with Gasteiger partial charge in [-0.25, -0.2) is 9.98 Å². The lowest BCUT2D eigenvalue weighted by Crippen LogP contribution is -2.41. The number of anilines is 1. The molecule has 0 spiro atoms. The van der Waals surface area contributed by atoms with Crippen molar-refractivity contribution in [3.8, 4) is 0 Å². The van der Waals surface area contributed by atoms with Crippen molar-refractivity contribution in [2.24, 2.45) is 20.7 Å². The summed E-state index contributed by atoms with van der Waals surface area (Å²) in [5.41, 5.74) is 4.39. The van der Waals surface area contributed by atoms with Crippen LogP contribution in [-0.4, -0.2) is 53.2 Å². The molecule has 0 saturated carbocycles. The summed E-state index contributed by atoms with van der Waals surface area (Å²) in [6.07, 6.45) is -1.45. The Morgan fingerprint density at radius 3 is 2.69 bits per heavy atom. The van der Waals surface area contributed by atoms with E-state index in [1.165, 1.54) is 19.5 Å². The number of amides is 3. The lowest BCUT2D eigenvalue weighted by Gasteiger charge is -2.15. The molecule has 0 radical (unpaired) electrons. The number of halogens is 4. The second-order valence-corrected chi connectivity index (χ2v) is 7.77. The first kappa shape index (κ1) is 28.2. The van der Waals surface area contributed by atoms with Crippen molar-refractivity contribution in [2.75, 3.05) is 11.9 Å². The molecule has 0 bridgehead atoms. The summed E-state index contributed by atoms with van der Waals surface area (Å²) in [5.74, 6) is -1.97. The quantitative estimate of drug-likeness (QED) is 0.219. The number of alkyl halides is 3. The van der Waals surface area contributed by atoms with Crippen LogP contribution in [0.15, 0.2) is 51.3 Å². The summed E-state index contributed by atoms with van der Waals surface area (Å²) in [6, 6.07) is 0.0341. The van der Waals surface area contributed by atoms with Crippen molar-refractivity contribution in [2.45, 2.75) is 32.5 Å². The number of nitrogens with two attached hydrogens (primary N) is 1. The zero-order valence-electron chi connectivity index (χ0n) is 19.1. The van der Waals surface area contributed by atoms with Crippen LogP contribution in [0.2, 0.25) is 5.02 Å². The van der Waals surface area contributed by atoms with Crippen molar-refractivity contribution >= 4 is 53.0 Å². The van der Waals surface area contributed by atoms with Crippen molar-refractivity contribution < 1.29 is 27.6 Å². The van der Waals surface area contributed by atoms with Gasteiger partial charge in [-0.1, -0.05) is 18.2 Å². The first-order valence-corrected chi connectivity index (χ1v) is 10.5. The molecular weight excluding hydrogens is 505 g/mol. The minimum absolute atomic E-state index is 0.0455. The summed E-state index contributed by atoms with van der Waals surface area (Å²) < 4.78 is 39.0. The first-order chi connectivity index (χ1) is 16.8. The van der Waals surface area contributed by atoms with Crippen LogP contribution < -0.4 is 21.7 Å². The number of amidine groups is 1. The van der Waals surface area contributed by atoms with E-state index < -0.39 is 40.5 Å². The Balaban J connectivity index is 1.87. The van der Waals surface area contributed by atoms with E-state index in [2.05, 4.69) is 42.5 Å². The fraction of sp³-hybridized carbons (Fsp3) is 0.286. The molecule has 1 unspecified atom stereocenters. The maximum absolute atomic E-state index is 13.0. The van der Waals surface area contributed by atoms with Crippen LogP contribution in [0, 0.1) is 0 Å². The van der Waals surface area contributed by atoms with Gasteiger partial charge in [0.25, 0.3) is 11.8 Å². The molecule has 5 N–H and O–H groups in total. The van der Waals surface area contributed by atoms with Gasteiger partial charge in [0, 0.05) is 30.1 Å². The summed E-state index contributed by atoms with van der Waals surface area (Å²) >= 11 is 5.53. The van der Waals surface area contributed by atoms with E-state index in [0.717, 1.165) is 6.20 Å². The van der Waals surface area contributed by atoms with Crippen molar-refractivity contribution in [1.82, 2.24) is 15.6 Å². The number of aromatic nitrogens is 1. The Hall–Kier alpha value is -4.07. The van der Waals surface area contributed by atoms with Gasteiger partial charge in [0.1, 0.15) is 18.2 Å². The minimum atomic E-state index is -4.71. The molecule has 0 saturated heterocycles. The summed E-state index contributed by atoms with van der Waals surface area (Å²) in [4.78, 5) is 50.9. The molecule has 11 nitrogen and oxygen atoms in total. The van der Waals surface area contributed by atoms with E-state index in [1.54, 1.807) is 6.92 Å². The molecule has 192 valence electrons. The largest absolute Gasteiger partial charge is 0.418 e. The third kappa shape index (κ3) is 8.30. The standard InChI is InChI=1S/C21H22ClF3N8O3/c1-10(32-19(35)11(2)30-9-31-12(3)27-8-17(26)34)16-4-13(6-28-16)20(36)33-18-5-14(21(23,24)25)15(22)7-29-18/h5-7,9-10H,2,4,8H2,1,3H3,(H2,26,34)(H,32,35)(H,27,30,31)(H,29,33,36). The highest BCUT2D eigenvalue weighted by molar-refractivity contribution is 6.31. The van der Waals surface area contributed by atoms with Gasteiger partial charge >= 0.3 is 6.18 Å². The van der Waals surface area contributed by atoms with E-state index in [0.29, 0.717) is 11.8 Å². The molecule has 36 heavy (non-hydrogen) atoms. The first-order valence-electron chi connectivity index (χ1n) is 10.2. The topological polar surface area (TPSA) is 163 Å².